The SMILES string of the molecule is CN(C[C@@H]1Cc2c(cccc2N2CCN(C3CCC3)CC2)CN1)[C@H]1CCCc2cccnc21. The highest BCUT2D eigenvalue weighted by Crippen LogP contribution is 2.34. The predicted molar refractivity (Wildman–Crippen MR) is 135 cm³/mol. The maximum Gasteiger partial charge on any atom is 0.0607 e. The molecule has 0 radical (unpaired) electrons. The Morgan fingerprint density at radius 3 is 2.67 bits per heavy atom. The third-order valence-corrected chi connectivity index (χ3v) is 8.73. The molecular formula is C28H39N5. The van der Waals surface area contributed by atoms with E-state index in [1.807, 2.05) is 6.20 Å². The first-order valence-electron chi connectivity index (χ1n) is 13.2. The van der Waals surface area contributed by atoms with Crippen molar-refractivity contribution in [3.05, 3.63) is 58.9 Å². The minimum atomic E-state index is 0.452. The molecule has 5 nitrogen and oxygen atoms in total. The van der Waals surface area contributed by atoms with Crippen LogP contribution < -0.4 is 10.2 Å². The Kier molecular flexibility index (Phi) is 6.12. The summed E-state index contributed by atoms with van der Waals surface area (Å²) >= 11 is 0. The second-order valence-corrected chi connectivity index (χ2v) is 10.7. The molecule has 0 unspecified atom stereocenters. The van der Waals surface area contributed by atoms with Gasteiger partial charge in [-0.15, -0.1) is 0 Å². The summed E-state index contributed by atoms with van der Waals surface area (Å²) in [6.07, 6.45) is 11.0. The highest BCUT2D eigenvalue weighted by molar-refractivity contribution is 5.58. The lowest BCUT2D eigenvalue weighted by molar-refractivity contribution is 0.120. The van der Waals surface area contributed by atoms with E-state index >= 15 is 0 Å². The fourth-order valence-corrected chi connectivity index (χ4v) is 6.59. The first kappa shape index (κ1) is 21.6. The number of likely N-dealkylation sites (N-methyl/N-ethyl adjacent to an activating group) is 1. The Bertz CT molecular complexity index is 963. The van der Waals surface area contributed by atoms with Gasteiger partial charge in [0.05, 0.1) is 11.7 Å². The third-order valence-electron chi connectivity index (χ3n) is 8.73. The lowest BCUT2D eigenvalue weighted by atomic mass is 9.89. The molecule has 0 amide bonds. The number of anilines is 1. The van der Waals surface area contributed by atoms with Crippen molar-refractivity contribution in [3.8, 4) is 0 Å². The monoisotopic (exact) mass is 445 g/mol. The molecule has 1 aromatic carbocycles. The minimum Gasteiger partial charge on any atom is -0.369 e. The van der Waals surface area contributed by atoms with E-state index in [0.717, 1.165) is 25.6 Å². The molecule has 6 rings (SSSR count). The molecule has 2 aliphatic heterocycles. The van der Waals surface area contributed by atoms with Crippen LogP contribution in [-0.2, 0) is 19.4 Å². The number of aryl methyl sites for hydroxylation is 1. The maximum atomic E-state index is 4.78. The molecule has 3 heterocycles. The molecule has 176 valence electrons. The molecule has 2 atom stereocenters. The van der Waals surface area contributed by atoms with E-state index in [4.69, 9.17) is 4.98 Å². The number of nitrogens with one attached hydrogen (secondary N) is 1. The number of hydrogen-bond acceptors (Lipinski definition) is 5. The van der Waals surface area contributed by atoms with E-state index in [2.05, 4.69) is 57.4 Å². The van der Waals surface area contributed by atoms with Crippen molar-refractivity contribution in [3.63, 3.8) is 0 Å². The van der Waals surface area contributed by atoms with E-state index in [0.29, 0.717) is 12.1 Å². The minimum absolute atomic E-state index is 0.452. The number of benzene rings is 1. The summed E-state index contributed by atoms with van der Waals surface area (Å²) in [7, 11) is 2.30. The third kappa shape index (κ3) is 4.31. The van der Waals surface area contributed by atoms with E-state index in [-0.39, 0.29) is 0 Å². The highest BCUT2D eigenvalue weighted by atomic mass is 15.3. The molecule has 1 saturated carbocycles. The summed E-state index contributed by atoms with van der Waals surface area (Å²) in [5.74, 6) is 0. The Hall–Kier alpha value is -1.95. The molecule has 1 N–H and O–H groups in total. The molecule has 2 aromatic rings. The Balaban J connectivity index is 1.13. The van der Waals surface area contributed by atoms with Gasteiger partial charge >= 0.3 is 0 Å². The van der Waals surface area contributed by atoms with E-state index in [9.17, 15) is 0 Å². The first-order valence-corrected chi connectivity index (χ1v) is 13.2. The Morgan fingerprint density at radius 2 is 1.85 bits per heavy atom. The molecule has 1 saturated heterocycles. The van der Waals surface area contributed by atoms with Crippen LogP contribution in [-0.4, -0.2) is 66.6 Å². The van der Waals surface area contributed by atoms with E-state index in [1.54, 1.807) is 5.56 Å². The second-order valence-electron chi connectivity index (χ2n) is 10.7. The van der Waals surface area contributed by atoms with Gasteiger partial charge in [-0.2, -0.15) is 0 Å². The van der Waals surface area contributed by atoms with Gasteiger partial charge in [-0.05, 0) is 74.4 Å². The Morgan fingerprint density at radius 1 is 1.00 bits per heavy atom. The van der Waals surface area contributed by atoms with E-state index < -0.39 is 0 Å². The van der Waals surface area contributed by atoms with Crippen molar-refractivity contribution in [2.45, 2.75) is 69.6 Å². The fourth-order valence-electron chi connectivity index (χ4n) is 6.59. The zero-order valence-electron chi connectivity index (χ0n) is 20.2. The largest absolute Gasteiger partial charge is 0.369 e. The smallest absolute Gasteiger partial charge is 0.0607 e. The summed E-state index contributed by atoms with van der Waals surface area (Å²) < 4.78 is 0. The molecule has 0 spiro atoms. The summed E-state index contributed by atoms with van der Waals surface area (Å²) in [4.78, 5) is 12.8. The van der Waals surface area contributed by atoms with Crippen molar-refractivity contribution >= 4 is 5.69 Å². The summed E-state index contributed by atoms with van der Waals surface area (Å²) in [5.41, 5.74) is 7.35. The van der Waals surface area contributed by atoms with Gasteiger partial charge in [0.15, 0.2) is 0 Å². The van der Waals surface area contributed by atoms with Crippen LogP contribution in [0.4, 0.5) is 5.69 Å². The molecule has 33 heavy (non-hydrogen) atoms. The van der Waals surface area contributed by atoms with Crippen LogP contribution in [0, 0.1) is 0 Å². The number of piperazine rings is 1. The maximum absolute atomic E-state index is 4.78. The number of nitrogens with zero attached hydrogens (tertiary/aromatic N) is 4. The number of rotatable bonds is 5. The van der Waals surface area contributed by atoms with Crippen LogP contribution in [0.5, 0.6) is 0 Å². The summed E-state index contributed by atoms with van der Waals surface area (Å²) in [5, 5.41) is 3.85. The van der Waals surface area contributed by atoms with Crippen LogP contribution in [0.15, 0.2) is 36.5 Å². The van der Waals surface area contributed by atoms with Crippen LogP contribution >= 0.6 is 0 Å². The normalized spacial score (nSPS) is 26.1. The van der Waals surface area contributed by atoms with Crippen molar-refractivity contribution in [2.24, 2.45) is 0 Å². The van der Waals surface area contributed by atoms with Crippen LogP contribution in [0.3, 0.4) is 0 Å². The van der Waals surface area contributed by atoms with Crippen molar-refractivity contribution in [1.29, 1.82) is 0 Å². The van der Waals surface area contributed by atoms with Gasteiger partial charge in [0, 0.05) is 63.2 Å². The average molecular weight is 446 g/mol. The topological polar surface area (TPSA) is 34.6 Å². The van der Waals surface area contributed by atoms with Gasteiger partial charge in [0.1, 0.15) is 0 Å². The van der Waals surface area contributed by atoms with Crippen LogP contribution in [0.25, 0.3) is 0 Å². The lowest BCUT2D eigenvalue weighted by Gasteiger charge is -2.44. The van der Waals surface area contributed by atoms with Crippen LogP contribution in [0.1, 0.15) is 60.5 Å². The average Bonchev–Trinajstić information content (AvgIpc) is 2.83. The zero-order chi connectivity index (χ0) is 22.2. The molecule has 2 aliphatic carbocycles. The molecule has 1 aromatic heterocycles. The molecular weight excluding hydrogens is 406 g/mol. The van der Waals surface area contributed by atoms with Gasteiger partial charge in [-0.1, -0.05) is 24.6 Å². The highest BCUT2D eigenvalue weighted by Gasteiger charge is 2.31. The predicted octanol–water partition coefficient (Wildman–Crippen LogP) is 3.78. The quantitative estimate of drug-likeness (QED) is 0.758. The Labute approximate surface area is 199 Å². The van der Waals surface area contributed by atoms with Gasteiger partial charge in [0.25, 0.3) is 0 Å². The zero-order valence-corrected chi connectivity index (χ0v) is 20.2. The van der Waals surface area contributed by atoms with Gasteiger partial charge < -0.3 is 10.2 Å². The fraction of sp³-hybridized carbons (Fsp3) is 0.607. The molecule has 2 fully saturated rings. The number of fused-ring (bicyclic) bond motifs is 2. The first-order chi connectivity index (χ1) is 16.3. The molecule has 5 heteroatoms. The number of hydrogen-bond donors (Lipinski definition) is 1. The van der Waals surface area contributed by atoms with Gasteiger partial charge in [-0.3, -0.25) is 14.8 Å². The number of pyridine rings is 1. The summed E-state index contributed by atoms with van der Waals surface area (Å²) in [6, 6.07) is 13.2. The van der Waals surface area contributed by atoms with E-state index in [1.165, 1.54) is 87.2 Å². The molecule has 0 bridgehead atoms. The number of aromatic nitrogens is 1. The van der Waals surface area contributed by atoms with Crippen molar-refractivity contribution in [1.82, 2.24) is 20.1 Å². The lowest BCUT2D eigenvalue weighted by Crippen LogP contribution is -2.52. The van der Waals surface area contributed by atoms with Gasteiger partial charge in [0.2, 0.25) is 0 Å². The van der Waals surface area contributed by atoms with Crippen molar-refractivity contribution < 1.29 is 0 Å². The van der Waals surface area contributed by atoms with Gasteiger partial charge in [-0.25, -0.2) is 0 Å². The summed E-state index contributed by atoms with van der Waals surface area (Å²) in [6.45, 7) is 6.87. The van der Waals surface area contributed by atoms with Crippen molar-refractivity contribution in [2.75, 3.05) is 44.7 Å². The standard InChI is InChI=1S/C28H39N5/c1-31(27-12-2-6-21-8-5-13-29-28(21)27)20-23-18-25-22(19-30-23)7-3-11-26(25)33-16-14-32(15-17-33)24-9-4-10-24/h3,5,7-8,11,13,23-24,27,30H,2,4,6,9-10,12,14-20H2,1H3/t23-,27-/m0/s1. The van der Waals surface area contributed by atoms with Crippen LogP contribution in [0.2, 0.25) is 0 Å². The second kappa shape index (κ2) is 9.36. The molecule has 4 aliphatic rings.